The van der Waals surface area contributed by atoms with Crippen LogP contribution in [-0.4, -0.2) is 22.7 Å². The zero-order valence-electron chi connectivity index (χ0n) is 10.5. The molecule has 0 aliphatic carbocycles. The van der Waals surface area contributed by atoms with Crippen LogP contribution in [0, 0.1) is 0 Å². The van der Waals surface area contributed by atoms with Crippen molar-refractivity contribution < 1.29 is 4.74 Å². The van der Waals surface area contributed by atoms with Crippen molar-refractivity contribution >= 4 is 0 Å². The van der Waals surface area contributed by atoms with E-state index in [1.54, 1.807) is 0 Å². The summed E-state index contributed by atoms with van der Waals surface area (Å²) in [5.41, 5.74) is 2.38. The van der Waals surface area contributed by atoms with E-state index in [0.717, 1.165) is 31.2 Å². The molecule has 94 valence electrons. The van der Waals surface area contributed by atoms with Crippen LogP contribution in [0.3, 0.4) is 0 Å². The Morgan fingerprint density at radius 1 is 1.33 bits per heavy atom. The Labute approximate surface area is 107 Å². The van der Waals surface area contributed by atoms with Gasteiger partial charge in [0, 0.05) is 18.7 Å². The van der Waals surface area contributed by atoms with E-state index < -0.39 is 0 Å². The Bertz CT molecular complexity index is 530. The molecule has 0 unspecified atom stereocenters. The summed E-state index contributed by atoms with van der Waals surface area (Å²) in [5.74, 6) is 2.03. The van der Waals surface area contributed by atoms with Gasteiger partial charge < -0.3 is 14.6 Å². The highest BCUT2D eigenvalue weighted by molar-refractivity contribution is 5.60. The highest BCUT2D eigenvalue weighted by Crippen LogP contribution is 2.24. The average Bonchev–Trinajstić information content (AvgIpc) is 2.84. The Hall–Kier alpha value is -1.81. The second kappa shape index (κ2) is 4.82. The van der Waals surface area contributed by atoms with E-state index in [4.69, 9.17) is 4.74 Å². The van der Waals surface area contributed by atoms with E-state index in [2.05, 4.69) is 27.0 Å². The van der Waals surface area contributed by atoms with Crippen LogP contribution in [-0.2, 0) is 13.1 Å². The van der Waals surface area contributed by atoms with Gasteiger partial charge in [-0.15, -0.1) is 0 Å². The Balaban J connectivity index is 1.92. The van der Waals surface area contributed by atoms with Crippen molar-refractivity contribution in [2.24, 2.45) is 0 Å². The maximum atomic E-state index is 5.46. The fourth-order valence-corrected chi connectivity index (χ4v) is 2.31. The molecule has 1 aromatic carbocycles. The number of benzene rings is 1. The van der Waals surface area contributed by atoms with Crippen LogP contribution in [0.5, 0.6) is 5.75 Å². The van der Waals surface area contributed by atoms with Crippen LogP contribution in [0.1, 0.15) is 12.7 Å². The third kappa shape index (κ3) is 1.99. The molecule has 4 nitrogen and oxygen atoms in total. The zero-order valence-corrected chi connectivity index (χ0v) is 10.5. The summed E-state index contributed by atoms with van der Waals surface area (Å²) >= 11 is 0. The van der Waals surface area contributed by atoms with Crippen molar-refractivity contribution in [3.63, 3.8) is 0 Å². The molecule has 18 heavy (non-hydrogen) atoms. The molecular formula is C14H17N3O. The summed E-state index contributed by atoms with van der Waals surface area (Å²) < 4.78 is 7.74. The molecule has 0 atom stereocenters. The molecular weight excluding hydrogens is 226 g/mol. The molecule has 0 fully saturated rings. The molecule has 4 heteroatoms. The van der Waals surface area contributed by atoms with Gasteiger partial charge in [-0.2, -0.15) is 0 Å². The molecule has 1 aliphatic heterocycles. The lowest BCUT2D eigenvalue weighted by Gasteiger charge is -2.17. The lowest BCUT2D eigenvalue weighted by atomic mass is 10.1. The van der Waals surface area contributed by atoms with Crippen molar-refractivity contribution in [3.05, 3.63) is 36.3 Å². The highest BCUT2D eigenvalue weighted by atomic mass is 16.5. The minimum Gasteiger partial charge on any atom is -0.494 e. The third-order valence-corrected chi connectivity index (χ3v) is 3.19. The summed E-state index contributed by atoms with van der Waals surface area (Å²) in [4.78, 5) is 4.46. The van der Waals surface area contributed by atoms with E-state index in [9.17, 15) is 0 Å². The van der Waals surface area contributed by atoms with Crippen molar-refractivity contribution in [2.45, 2.75) is 20.0 Å². The lowest BCUT2D eigenvalue weighted by molar-refractivity contribution is 0.340. The maximum Gasteiger partial charge on any atom is 0.123 e. The van der Waals surface area contributed by atoms with Crippen molar-refractivity contribution in [2.75, 3.05) is 13.2 Å². The number of nitrogens with one attached hydrogen (secondary N) is 1. The van der Waals surface area contributed by atoms with Crippen LogP contribution >= 0.6 is 0 Å². The number of hydrogen-bond donors (Lipinski definition) is 1. The average molecular weight is 243 g/mol. The topological polar surface area (TPSA) is 39.1 Å². The minimum atomic E-state index is 0.701. The number of nitrogens with zero attached hydrogens (tertiary/aromatic N) is 2. The van der Waals surface area contributed by atoms with Crippen LogP contribution in [0.15, 0.2) is 30.5 Å². The lowest BCUT2D eigenvalue weighted by Crippen LogP contribution is -2.28. The van der Waals surface area contributed by atoms with Crippen molar-refractivity contribution in [3.8, 4) is 17.0 Å². The molecule has 2 aromatic rings. The molecule has 0 saturated heterocycles. The Morgan fingerprint density at radius 3 is 2.94 bits per heavy atom. The van der Waals surface area contributed by atoms with Gasteiger partial charge in [0.25, 0.3) is 0 Å². The first-order valence-corrected chi connectivity index (χ1v) is 6.37. The fraction of sp³-hybridized carbons (Fsp3) is 0.357. The summed E-state index contributed by atoms with van der Waals surface area (Å²) in [6, 6.07) is 8.22. The number of rotatable bonds is 3. The zero-order chi connectivity index (χ0) is 12.4. The van der Waals surface area contributed by atoms with Gasteiger partial charge in [-0.3, -0.25) is 0 Å². The van der Waals surface area contributed by atoms with Crippen LogP contribution < -0.4 is 10.1 Å². The third-order valence-electron chi connectivity index (χ3n) is 3.19. The van der Waals surface area contributed by atoms with Gasteiger partial charge in [0.2, 0.25) is 0 Å². The van der Waals surface area contributed by atoms with Gasteiger partial charge >= 0.3 is 0 Å². The van der Waals surface area contributed by atoms with E-state index in [0.29, 0.717) is 6.61 Å². The van der Waals surface area contributed by atoms with Gasteiger partial charge in [-0.1, -0.05) is 0 Å². The smallest absolute Gasteiger partial charge is 0.123 e. The first-order chi connectivity index (χ1) is 8.88. The Kier molecular flexibility index (Phi) is 3.02. The number of fused-ring (bicyclic) bond motifs is 1. The molecule has 2 heterocycles. The van der Waals surface area contributed by atoms with Gasteiger partial charge in [0.05, 0.1) is 25.0 Å². The second-order valence-electron chi connectivity index (χ2n) is 4.35. The van der Waals surface area contributed by atoms with Gasteiger partial charge in [0.15, 0.2) is 0 Å². The number of aromatic nitrogens is 2. The maximum absolute atomic E-state index is 5.46. The van der Waals surface area contributed by atoms with Crippen LogP contribution in [0.25, 0.3) is 11.3 Å². The fourth-order valence-electron chi connectivity index (χ4n) is 2.31. The van der Waals surface area contributed by atoms with Gasteiger partial charge in [-0.25, -0.2) is 4.98 Å². The second-order valence-corrected chi connectivity index (χ2v) is 4.35. The normalized spacial score (nSPS) is 14.3. The summed E-state index contributed by atoms with van der Waals surface area (Å²) in [5, 5.41) is 3.33. The monoisotopic (exact) mass is 243 g/mol. The molecule has 0 radical (unpaired) electrons. The first kappa shape index (κ1) is 11.3. The SMILES string of the molecule is CCOc1ccc(-c2cnc3n2CCNC3)cc1. The van der Waals surface area contributed by atoms with Crippen molar-refractivity contribution in [1.29, 1.82) is 0 Å². The minimum absolute atomic E-state index is 0.701. The van der Waals surface area contributed by atoms with Crippen LogP contribution in [0.4, 0.5) is 0 Å². The van der Waals surface area contributed by atoms with Crippen LogP contribution in [0.2, 0.25) is 0 Å². The largest absolute Gasteiger partial charge is 0.494 e. The molecule has 1 N–H and O–H groups in total. The van der Waals surface area contributed by atoms with Crippen molar-refractivity contribution in [1.82, 2.24) is 14.9 Å². The van der Waals surface area contributed by atoms with E-state index in [-0.39, 0.29) is 0 Å². The van der Waals surface area contributed by atoms with Gasteiger partial charge in [-0.05, 0) is 31.2 Å². The molecule has 1 aromatic heterocycles. The predicted octanol–water partition coefficient (Wildman–Crippen LogP) is 2.05. The van der Waals surface area contributed by atoms with E-state index in [1.807, 2.05) is 25.3 Å². The molecule has 0 amide bonds. The predicted molar refractivity (Wildman–Crippen MR) is 70.5 cm³/mol. The molecule has 0 spiro atoms. The number of hydrogen-bond acceptors (Lipinski definition) is 3. The van der Waals surface area contributed by atoms with Gasteiger partial charge in [0.1, 0.15) is 11.6 Å². The number of ether oxygens (including phenoxy) is 1. The van der Waals surface area contributed by atoms with E-state index in [1.165, 1.54) is 11.3 Å². The number of imidazole rings is 1. The summed E-state index contributed by atoms with van der Waals surface area (Å²) in [6.45, 7) is 5.55. The molecule has 0 saturated carbocycles. The molecule has 1 aliphatic rings. The standard InChI is InChI=1S/C14H17N3O/c1-2-18-12-5-3-11(4-6-12)13-9-16-14-10-15-7-8-17(13)14/h3-6,9,15H,2,7-8,10H2,1H3. The Morgan fingerprint density at radius 2 is 2.17 bits per heavy atom. The van der Waals surface area contributed by atoms with E-state index >= 15 is 0 Å². The summed E-state index contributed by atoms with van der Waals surface area (Å²) in [7, 11) is 0. The highest BCUT2D eigenvalue weighted by Gasteiger charge is 2.14. The quantitative estimate of drug-likeness (QED) is 0.896. The molecule has 0 bridgehead atoms. The molecule has 3 rings (SSSR count). The summed E-state index contributed by atoms with van der Waals surface area (Å²) in [6.07, 6.45) is 1.96. The first-order valence-electron chi connectivity index (χ1n) is 6.37.